The Morgan fingerprint density at radius 2 is 1.93 bits per heavy atom. The Kier molecular flexibility index (Phi) is 5.62. The van der Waals surface area contributed by atoms with Gasteiger partial charge in [-0.05, 0) is 46.2 Å². The third kappa shape index (κ3) is 4.61. The van der Waals surface area contributed by atoms with Gasteiger partial charge >= 0.3 is 0 Å². The van der Waals surface area contributed by atoms with E-state index in [1.807, 2.05) is 0 Å². The summed E-state index contributed by atoms with van der Waals surface area (Å²) < 4.78 is 0. The lowest BCUT2D eigenvalue weighted by Gasteiger charge is -2.26. The number of hydrogen-bond acceptors (Lipinski definition) is 1. The standard InChI is InChI=1S/C13H23N/c1-3-4-8-13(2)9-12-14-10-6-5-7-11-14/h3-4,8H,5-7,9-12H2,1-2H3/b4-3-,13-8+. The molecule has 0 aromatic rings. The maximum Gasteiger partial charge on any atom is 0.00186 e. The smallest absolute Gasteiger partial charge is 0.00186 e. The Morgan fingerprint density at radius 1 is 1.21 bits per heavy atom. The van der Waals surface area contributed by atoms with Crippen molar-refractivity contribution in [3.05, 3.63) is 23.8 Å². The monoisotopic (exact) mass is 193 g/mol. The second kappa shape index (κ2) is 6.83. The highest BCUT2D eigenvalue weighted by molar-refractivity contribution is 5.09. The molecule has 0 spiro atoms. The van der Waals surface area contributed by atoms with E-state index in [1.54, 1.807) is 0 Å². The van der Waals surface area contributed by atoms with Crippen LogP contribution in [0.5, 0.6) is 0 Å². The minimum atomic E-state index is 1.23. The van der Waals surface area contributed by atoms with Crippen molar-refractivity contribution in [1.29, 1.82) is 0 Å². The van der Waals surface area contributed by atoms with Crippen LogP contribution in [0.2, 0.25) is 0 Å². The van der Waals surface area contributed by atoms with Gasteiger partial charge in [-0.2, -0.15) is 0 Å². The van der Waals surface area contributed by atoms with Gasteiger partial charge in [0, 0.05) is 6.54 Å². The van der Waals surface area contributed by atoms with Crippen LogP contribution in [0.4, 0.5) is 0 Å². The number of piperidine rings is 1. The molecule has 1 saturated heterocycles. The Hall–Kier alpha value is -0.560. The van der Waals surface area contributed by atoms with Crippen LogP contribution in [0.1, 0.15) is 39.5 Å². The summed E-state index contributed by atoms with van der Waals surface area (Å²) in [4.78, 5) is 2.59. The first-order valence-corrected chi connectivity index (χ1v) is 5.83. The topological polar surface area (TPSA) is 3.24 Å². The Balaban J connectivity index is 2.18. The van der Waals surface area contributed by atoms with Crippen LogP contribution in [-0.2, 0) is 0 Å². The molecule has 1 fully saturated rings. The van der Waals surface area contributed by atoms with Gasteiger partial charge in [-0.25, -0.2) is 0 Å². The van der Waals surface area contributed by atoms with Gasteiger partial charge in [-0.15, -0.1) is 0 Å². The Bertz CT molecular complexity index is 197. The van der Waals surface area contributed by atoms with Crippen molar-refractivity contribution >= 4 is 0 Å². The Labute approximate surface area is 88.5 Å². The zero-order valence-corrected chi connectivity index (χ0v) is 9.63. The number of hydrogen-bond donors (Lipinski definition) is 0. The third-order valence-electron chi connectivity index (χ3n) is 2.84. The van der Waals surface area contributed by atoms with Gasteiger partial charge in [0.05, 0.1) is 0 Å². The summed E-state index contributed by atoms with van der Waals surface area (Å²) in [5.74, 6) is 0. The number of allylic oxidation sites excluding steroid dienone is 3. The zero-order chi connectivity index (χ0) is 10.2. The van der Waals surface area contributed by atoms with Gasteiger partial charge in [0.2, 0.25) is 0 Å². The first kappa shape index (κ1) is 11.5. The van der Waals surface area contributed by atoms with Crippen LogP contribution in [0.15, 0.2) is 23.8 Å². The zero-order valence-electron chi connectivity index (χ0n) is 9.63. The molecule has 0 N–H and O–H groups in total. The molecule has 0 amide bonds. The molecule has 1 heterocycles. The summed E-state index contributed by atoms with van der Waals surface area (Å²) in [7, 11) is 0. The molecule has 0 radical (unpaired) electrons. The van der Waals surface area contributed by atoms with E-state index < -0.39 is 0 Å². The number of likely N-dealkylation sites (tertiary alicyclic amines) is 1. The fourth-order valence-corrected chi connectivity index (χ4v) is 1.86. The molecule has 1 rings (SSSR count). The molecule has 0 aromatic heterocycles. The van der Waals surface area contributed by atoms with Crippen molar-refractivity contribution in [2.45, 2.75) is 39.5 Å². The molecular weight excluding hydrogens is 170 g/mol. The first-order valence-electron chi connectivity index (χ1n) is 5.83. The summed E-state index contributed by atoms with van der Waals surface area (Å²) in [6, 6.07) is 0. The molecule has 1 heteroatoms. The Morgan fingerprint density at radius 3 is 2.57 bits per heavy atom. The lowest BCUT2D eigenvalue weighted by Crippen LogP contribution is -2.30. The molecule has 1 aliphatic heterocycles. The van der Waals surface area contributed by atoms with E-state index >= 15 is 0 Å². The maximum absolute atomic E-state index is 2.59. The van der Waals surface area contributed by atoms with Crippen molar-refractivity contribution in [3.8, 4) is 0 Å². The van der Waals surface area contributed by atoms with E-state index in [2.05, 4.69) is 37.0 Å². The van der Waals surface area contributed by atoms with Crippen LogP contribution in [0.3, 0.4) is 0 Å². The predicted octanol–water partition coefficient (Wildman–Crippen LogP) is 3.38. The highest BCUT2D eigenvalue weighted by Gasteiger charge is 2.08. The van der Waals surface area contributed by atoms with Gasteiger partial charge < -0.3 is 4.90 Å². The molecule has 80 valence electrons. The molecule has 0 unspecified atom stereocenters. The van der Waals surface area contributed by atoms with E-state index in [0.29, 0.717) is 0 Å². The van der Waals surface area contributed by atoms with Crippen LogP contribution in [0.25, 0.3) is 0 Å². The van der Waals surface area contributed by atoms with Gasteiger partial charge in [-0.3, -0.25) is 0 Å². The van der Waals surface area contributed by atoms with Gasteiger partial charge in [0.15, 0.2) is 0 Å². The molecule has 0 bridgehead atoms. The fraction of sp³-hybridized carbons (Fsp3) is 0.692. The lowest BCUT2D eigenvalue weighted by atomic mass is 10.1. The van der Waals surface area contributed by atoms with Gasteiger partial charge in [0.1, 0.15) is 0 Å². The molecule has 0 aromatic carbocycles. The largest absolute Gasteiger partial charge is 0.303 e. The quantitative estimate of drug-likeness (QED) is 0.619. The highest BCUT2D eigenvalue weighted by Crippen LogP contribution is 2.10. The lowest BCUT2D eigenvalue weighted by molar-refractivity contribution is 0.231. The summed E-state index contributed by atoms with van der Waals surface area (Å²) >= 11 is 0. The second-order valence-corrected chi connectivity index (χ2v) is 4.19. The molecule has 1 nitrogen and oxygen atoms in total. The van der Waals surface area contributed by atoms with Gasteiger partial charge in [0.25, 0.3) is 0 Å². The SMILES string of the molecule is C/C=C\C=C(/C)CCN1CCCCC1. The van der Waals surface area contributed by atoms with E-state index in [-0.39, 0.29) is 0 Å². The molecular formula is C13H23N. The summed E-state index contributed by atoms with van der Waals surface area (Å²) in [5.41, 5.74) is 1.49. The van der Waals surface area contributed by atoms with E-state index in [0.717, 1.165) is 0 Å². The highest BCUT2D eigenvalue weighted by atomic mass is 15.1. The van der Waals surface area contributed by atoms with Crippen LogP contribution in [0, 0.1) is 0 Å². The van der Waals surface area contributed by atoms with E-state index in [1.165, 1.54) is 50.9 Å². The summed E-state index contributed by atoms with van der Waals surface area (Å²) in [6.07, 6.45) is 11.9. The molecule has 0 aliphatic carbocycles. The molecule has 1 aliphatic rings. The van der Waals surface area contributed by atoms with Crippen LogP contribution in [-0.4, -0.2) is 24.5 Å². The average molecular weight is 193 g/mol. The fourth-order valence-electron chi connectivity index (χ4n) is 1.86. The van der Waals surface area contributed by atoms with Crippen molar-refractivity contribution < 1.29 is 0 Å². The van der Waals surface area contributed by atoms with Gasteiger partial charge in [-0.1, -0.05) is 30.2 Å². The summed E-state index contributed by atoms with van der Waals surface area (Å²) in [6.45, 7) is 8.17. The molecule has 0 atom stereocenters. The maximum atomic E-state index is 2.59. The molecule has 14 heavy (non-hydrogen) atoms. The number of nitrogens with zero attached hydrogens (tertiary/aromatic N) is 1. The third-order valence-corrected chi connectivity index (χ3v) is 2.84. The van der Waals surface area contributed by atoms with Crippen molar-refractivity contribution in [3.63, 3.8) is 0 Å². The van der Waals surface area contributed by atoms with Crippen molar-refractivity contribution in [2.24, 2.45) is 0 Å². The predicted molar refractivity (Wildman–Crippen MR) is 63.5 cm³/mol. The average Bonchev–Trinajstić information content (AvgIpc) is 2.25. The normalized spacial score (nSPS) is 20.6. The van der Waals surface area contributed by atoms with Crippen molar-refractivity contribution in [2.75, 3.05) is 19.6 Å². The van der Waals surface area contributed by atoms with E-state index in [9.17, 15) is 0 Å². The van der Waals surface area contributed by atoms with Crippen LogP contribution < -0.4 is 0 Å². The first-order chi connectivity index (χ1) is 6.83. The summed E-state index contributed by atoms with van der Waals surface area (Å²) in [5, 5.41) is 0. The second-order valence-electron chi connectivity index (χ2n) is 4.19. The minimum Gasteiger partial charge on any atom is -0.303 e. The van der Waals surface area contributed by atoms with E-state index in [4.69, 9.17) is 0 Å². The molecule has 0 saturated carbocycles. The van der Waals surface area contributed by atoms with Crippen LogP contribution >= 0.6 is 0 Å². The number of rotatable bonds is 4. The van der Waals surface area contributed by atoms with Crippen molar-refractivity contribution in [1.82, 2.24) is 4.90 Å². The minimum absolute atomic E-state index is 1.23.